The molecule has 0 aliphatic carbocycles. The van der Waals surface area contributed by atoms with Gasteiger partial charge in [0.05, 0.1) is 0 Å². The number of carboxylic acid groups (broad SMARTS) is 1. The SMILES string of the molecule is CC(C)CCl.O=CO. The standard InChI is InChI=1S/C4H9Cl.CH2O2/c1-4(2)3-5;2-1-3/h4H,3H2,1-2H3;1H,(H,2,3). The molecule has 0 spiro atoms. The van der Waals surface area contributed by atoms with Gasteiger partial charge in [0.25, 0.3) is 6.47 Å². The van der Waals surface area contributed by atoms with Crippen LogP contribution in [-0.2, 0) is 4.79 Å². The van der Waals surface area contributed by atoms with Crippen LogP contribution in [0.25, 0.3) is 0 Å². The minimum Gasteiger partial charge on any atom is -0.483 e. The average Bonchev–Trinajstić information content (AvgIpc) is 1.69. The normalized spacial score (nSPS) is 7.50. The van der Waals surface area contributed by atoms with Gasteiger partial charge in [0, 0.05) is 5.88 Å². The lowest BCUT2D eigenvalue weighted by Gasteiger charge is -1.88. The van der Waals surface area contributed by atoms with Gasteiger partial charge in [0.2, 0.25) is 0 Å². The van der Waals surface area contributed by atoms with Crippen LogP contribution >= 0.6 is 11.6 Å². The molecular weight excluding hydrogens is 128 g/mol. The van der Waals surface area contributed by atoms with Crippen molar-refractivity contribution in [1.29, 1.82) is 0 Å². The monoisotopic (exact) mass is 138 g/mol. The maximum Gasteiger partial charge on any atom is 0.290 e. The topological polar surface area (TPSA) is 37.3 Å². The van der Waals surface area contributed by atoms with Crippen molar-refractivity contribution >= 4 is 18.1 Å². The first kappa shape index (κ1) is 10.7. The summed E-state index contributed by atoms with van der Waals surface area (Å²) >= 11 is 5.34. The van der Waals surface area contributed by atoms with Crippen LogP contribution < -0.4 is 0 Å². The summed E-state index contributed by atoms with van der Waals surface area (Å²) in [4.78, 5) is 8.36. The number of rotatable bonds is 1. The molecule has 0 heterocycles. The van der Waals surface area contributed by atoms with Gasteiger partial charge in [0.15, 0.2) is 0 Å². The van der Waals surface area contributed by atoms with Crippen LogP contribution in [0.15, 0.2) is 0 Å². The van der Waals surface area contributed by atoms with Crippen molar-refractivity contribution in [2.75, 3.05) is 5.88 Å². The van der Waals surface area contributed by atoms with Gasteiger partial charge in [-0.1, -0.05) is 13.8 Å². The molecule has 50 valence electrons. The van der Waals surface area contributed by atoms with Gasteiger partial charge in [-0.25, -0.2) is 0 Å². The zero-order chi connectivity index (χ0) is 6.99. The summed E-state index contributed by atoms with van der Waals surface area (Å²) in [5.74, 6) is 1.43. The van der Waals surface area contributed by atoms with Crippen molar-refractivity contribution in [2.45, 2.75) is 13.8 Å². The summed E-state index contributed by atoms with van der Waals surface area (Å²) in [6.45, 7) is 3.93. The Balaban J connectivity index is 0. The number of hydrogen-bond acceptors (Lipinski definition) is 1. The summed E-state index contributed by atoms with van der Waals surface area (Å²) < 4.78 is 0. The molecule has 0 atom stereocenters. The molecule has 0 unspecified atom stereocenters. The Kier molecular flexibility index (Phi) is 13.2. The largest absolute Gasteiger partial charge is 0.483 e. The van der Waals surface area contributed by atoms with Gasteiger partial charge < -0.3 is 5.11 Å². The number of halogens is 1. The fourth-order valence-electron chi connectivity index (χ4n) is 0. The van der Waals surface area contributed by atoms with E-state index < -0.39 is 0 Å². The molecule has 0 aromatic rings. The summed E-state index contributed by atoms with van der Waals surface area (Å²) in [5.41, 5.74) is 0. The Morgan fingerprint density at radius 1 is 1.75 bits per heavy atom. The summed E-state index contributed by atoms with van der Waals surface area (Å²) in [7, 11) is 0. The quantitative estimate of drug-likeness (QED) is 0.441. The van der Waals surface area contributed by atoms with Crippen LogP contribution in [0.5, 0.6) is 0 Å². The number of hydrogen-bond donors (Lipinski definition) is 1. The van der Waals surface area contributed by atoms with Gasteiger partial charge in [-0.15, -0.1) is 11.6 Å². The molecule has 0 aromatic heterocycles. The molecule has 0 aliphatic rings. The highest BCUT2D eigenvalue weighted by molar-refractivity contribution is 6.17. The van der Waals surface area contributed by atoms with E-state index in [1.807, 2.05) is 0 Å². The smallest absolute Gasteiger partial charge is 0.290 e. The summed E-state index contributed by atoms with van der Waals surface area (Å²) in [6.07, 6.45) is 0. The molecule has 0 saturated carbocycles. The minimum atomic E-state index is -0.250. The third-order valence-corrected chi connectivity index (χ3v) is 0.926. The second kappa shape index (κ2) is 9.90. The fourth-order valence-corrected chi connectivity index (χ4v) is 0. The molecule has 0 radical (unpaired) electrons. The zero-order valence-electron chi connectivity index (χ0n) is 5.10. The molecule has 0 aliphatic heterocycles. The van der Waals surface area contributed by atoms with Crippen LogP contribution in [0.1, 0.15) is 13.8 Å². The van der Waals surface area contributed by atoms with E-state index in [0.717, 1.165) is 5.88 Å². The van der Waals surface area contributed by atoms with Crippen molar-refractivity contribution < 1.29 is 9.90 Å². The molecular formula is C5H11ClO2. The van der Waals surface area contributed by atoms with E-state index >= 15 is 0 Å². The predicted molar refractivity (Wildman–Crippen MR) is 34.3 cm³/mol. The Hall–Kier alpha value is -0.240. The highest BCUT2D eigenvalue weighted by atomic mass is 35.5. The van der Waals surface area contributed by atoms with E-state index in [0.29, 0.717) is 5.92 Å². The van der Waals surface area contributed by atoms with Gasteiger partial charge in [-0.05, 0) is 5.92 Å². The van der Waals surface area contributed by atoms with Crippen LogP contribution in [0.3, 0.4) is 0 Å². The Labute approximate surface area is 54.5 Å². The van der Waals surface area contributed by atoms with E-state index in [-0.39, 0.29) is 6.47 Å². The fraction of sp³-hybridized carbons (Fsp3) is 0.800. The van der Waals surface area contributed by atoms with Crippen molar-refractivity contribution in [3.63, 3.8) is 0 Å². The van der Waals surface area contributed by atoms with E-state index in [2.05, 4.69) is 13.8 Å². The minimum absolute atomic E-state index is 0.250. The maximum atomic E-state index is 8.36. The zero-order valence-corrected chi connectivity index (χ0v) is 5.85. The van der Waals surface area contributed by atoms with Gasteiger partial charge in [0.1, 0.15) is 0 Å². The van der Waals surface area contributed by atoms with Crippen LogP contribution in [0, 0.1) is 5.92 Å². The van der Waals surface area contributed by atoms with Crippen molar-refractivity contribution in [1.82, 2.24) is 0 Å². The van der Waals surface area contributed by atoms with Crippen LogP contribution in [0.2, 0.25) is 0 Å². The van der Waals surface area contributed by atoms with Gasteiger partial charge in [-0.3, -0.25) is 4.79 Å². The molecule has 0 fully saturated rings. The Morgan fingerprint density at radius 3 is 1.88 bits per heavy atom. The summed E-state index contributed by atoms with van der Waals surface area (Å²) in [6, 6.07) is 0. The van der Waals surface area contributed by atoms with Gasteiger partial charge in [-0.2, -0.15) is 0 Å². The first-order chi connectivity index (χ1) is 3.68. The van der Waals surface area contributed by atoms with Crippen LogP contribution in [0.4, 0.5) is 0 Å². The lowest BCUT2D eigenvalue weighted by Crippen LogP contribution is -1.83. The first-order valence-corrected chi connectivity index (χ1v) is 2.86. The molecule has 0 aromatic carbocycles. The lowest BCUT2D eigenvalue weighted by molar-refractivity contribution is -0.122. The summed E-state index contributed by atoms with van der Waals surface area (Å²) in [5, 5.41) is 6.89. The van der Waals surface area contributed by atoms with E-state index in [1.165, 1.54) is 0 Å². The Morgan fingerprint density at radius 2 is 1.88 bits per heavy atom. The van der Waals surface area contributed by atoms with Gasteiger partial charge >= 0.3 is 0 Å². The Bertz CT molecular complexity index is 45.7. The third kappa shape index (κ3) is 42.1. The second-order valence-corrected chi connectivity index (χ2v) is 1.96. The van der Waals surface area contributed by atoms with Crippen molar-refractivity contribution in [3.8, 4) is 0 Å². The molecule has 1 N–H and O–H groups in total. The number of carbonyl (C=O) groups is 1. The van der Waals surface area contributed by atoms with Crippen LogP contribution in [-0.4, -0.2) is 17.5 Å². The molecule has 2 nitrogen and oxygen atoms in total. The average molecular weight is 139 g/mol. The third-order valence-electron chi connectivity index (χ3n) is 0.309. The van der Waals surface area contributed by atoms with Crippen molar-refractivity contribution in [2.24, 2.45) is 5.92 Å². The molecule has 3 heteroatoms. The highest BCUT2D eigenvalue weighted by Crippen LogP contribution is 1.91. The molecule has 0 bridgehead atoms. The van der Waals surface area contributed by atoms with E-state index in [9.17, 15) is 0 Å². The molecule has 0 saturated heterocycles. The number of alkyl halides is 1. The predicted octanol–water partition coefficient (Wildman–Crippen LogP) is 1.58. The van der Waals surface area contributed by atoms with Crippen molar-refractivity contribution in [3.05, 3.63) is 0 Å². The highest BCUT2D eigenvalue weighted by Gasteiger charge is 1.82. The first-order valence-electron chi connectivity index (χ1n) is 2.32. The molecule has 0 rings (SSSR count). The molecule has 0 amide bonds. The van der Waals surface area contributed by atoms with E-state index in [1.54, 1.807) is 0 Å². The maximum absolute atomic E-state index is 8.36. The second-order valence-electron chi connectivity index (χ2n) is 1.65. The van der Waals surface area contributed by atoms with E-state index in [4.69, 9.17) is 21.5 Å². The molecule has 8 heavy (non-hydrogen) atoms. The lowest BCUT2D eigenvalue weighted by atomic mass is 10.3.